The number of primary amides is 1. The first-order valence-electron chi connectivity index (χ1n) is 6.70. The molecule has 0 aliphatic rings. The van der Waals surface area contributed by atoms with Gasteiger partial charge < -0.3 is 15.8 Å². The molecule has 0 aliphatic heterocycles. The van der Waals surface area contributed by atoms with Gasteiger partial charge in [-0.15, -0.1) is 11.6 Å². The Morgan fingerprint density at radius 2 is 2.09 bits per heavy atom. The molecule has 4 N–H and O–H groups in total. The number of H-pyrrole nitrogens is 1. The lowest BCUT2D eigenvalue weighted by Crippen LogP contribution is -2.31. The maximum absolute atomic E-state index is 12.1. The van der Waals surface area contributed by atoms with E-state index in [4.69, 9.17) is 34.7 Å². The first-order chi connectivity index (χ1) is 10.3. The van der Waals surface area contributed by atoms with Gasteiger partial charge in [-0.2, -0.15) is 0 Å². The molecule has 0 aromatic carbocycles. The largest absolute Gasteiger partial charge is 0.481 e. The molecule has 122 valence electrons. The number of aromatic nitrogens is 2. The summed E-state index contributed by atoms with van der Waals surface area (Å²) >= 11 is 10.8. The molecule has 1 unspecified atom stereocenters. The van der Waals surface area contributed by atoms with E-state index in [-0.39, 0.29) is 10.3 Å². The van der Waals surface area contributed by atoms with Gasteiger partial charge in [-0.3, -0.25) is 14.2 Å². The average Bonchev–Trinajstić information content (AvgIpc) is 2.44. The Balaban J connectivity index is 3.29. The number of amides is 1. The van der Waals surface area contributed by atoms with Gasteiger partial charge in [0.15, 0.2) is 0 Å². The fraction of sp³-hybridized carbons (Fsp3) is 0.538. The molecule has 1 rings (SSSR count). The second-order valence-electron chi connectivity index (χ2n) is 4.87. The third kappa shape index (κ3) is 4.41. The number of nitrogens with zero attached hydrogens (tertiary/aromatic N) is 1. The maximum Gasteiger partial charge on any atom is 0.326 e. The molecule has 0 saturated carbocycles. The molecule has 1 atom stereocenters. The van der Waals surface area contributed by atoms with Crippen LogP contribution in [-0.4, -0.2) is 32.4 Å². The van der Waals surface area contributed by atoms with Gasteiger partial charge in [0.25, 0.3) is 0 Å². The van der Waals surface area contributed by atoms with E-state index >= 15 is 0 Å². The Kier molecular flexibility index (Phi) is 6.76. The van der Waals surface area contributed by atoms with Gasteiger partial charge in [-0.25, -0.2) is 4.79 Å². The molecule has 1 amide bonds. The van der Waals surface area contributed by atoms with Crippen LogP contribution in [0.5, 0.6) is 0 Å². The van der Waals surface area contributed by atoms with E-state index in [0.717, 1.165) is 6.42 Å². The minimum Gasteiger partial charge on any atom is -0.481 e. The van der Waals surface area contributed by atoms with Crippen LogP contribution >= 0.6 is 23.8 Å². The first kappa shape index (κ1) is 18.4. The van der Waals surface area contributed by atoms with E-state index in [2.05, 4.69) is 4.98 Å². The quantitative estimate of drug-likeness (QED) is 0.372. The Morgan fingerprint density at radius 1 is 1.45 bits per heavy atom. The third-order valence-corrected chi connectivity index (χ3v) is 4.09. The van der Waals surface area contributed by atoms with Crippen LogP contribution in [0.2, 0.25) is 0 Å². The van der Waals surface area contributed by atoms with Crippen LogP contribution in [0.4, 0.5) is 0 Å². The summed E-state index contributed by atoms with van der Waals surface area (Å²) in [6, 6.07) is 0. The predicted octanol–water partition coefficient (Wildman–Crippen LogP) is 1.28. The topological polar surface area (TPSA) is 118 Å². The summed E-state index contributed by atoms with van der Waals surface area (Å²) in [5.74, 6) is -2.64. The fourth-order valence-electron chi connectivity index (χ4n) is 2.12. The summed E-state index contributed by atoms with van der Waals surface area (Å²) < 4.78 is 1.64. The average molecular weight is 348 g/mol. The maximum atomic E-state index is 12.1. The number of carbonyl (C=O) groups is 2. The van der Waals surface area contributed by atoms with E-state index in [1.165, 1.54) is 4.57 Å². The number of hydrogen-bond donors (Lipinski definition) is 3. The lowest BCUT2D eigenvalue weighted by Gasteiger charge is -2.16. The Bertz CT molecular complexity index is 683. The van der Waals surface area contributed by atoms with Gasteiger partial charge in [0.2, 0.25) is 5.91 Å². The zero-order valence-electron chi connectivity index (χ0n) is 12.1. The molecule has 1 aromatic heterocycles. The summed E-state index contributed by atoms with van der Waals surface area (Å²) in [5.41, 5.74) is 5.40. The minimum absolute atomic E-state index is 0.165. The molecule has 0 aliphatic carbocycles. The highest BCUT2D eigenvalue weighted by molar-refractivity contribution is 7.71. The summed E-state index contributed by atoms with van der Waals surface area (Å²) in [4.78, 5) is 37.0. The number of aromatic amines is 1. The number of carboxylic acid groups (broad SMARTS) is 1. The Morgan fingerprint density at radius 3 is 2.59 bits per heavy atom. The molecular formula is C13H18ClN3O4S. The number of unbranched alkanes of at least 4 members (excludes halogenated alkanes) is 1. The van der Waals surface area contributed by atoms with Crippen molar-refractivity contribution in [2.24, 2.45) is 5.73 Å². The van der Waals surface area contributed by atoms with Crippen molar-refractivity contribution >= 4 is 35.7 Å². The molecule has 0 radical (unpaired) electrons. The third-order valence-electron chi connectivity index (χ3n) is 3.29. The molecule has 0 bridgehead atoms. The van der Waals surface area contributed by atoms with Crippen LogP contribution in [0.15, 0.2) is 4.79 Å². The van der Waals surface area contributed by atoms with Crippen LogP contribution in [0.3, 0.4) is 0 Å². The standard InChI is InChI=1S/C13H18ClN3O4S/c1-7-10(8(11(15)20)6-9(18)19)16-13(21)17(12(7)22)5-3-2-4-14/h8H,2-6H2,1H3,(H2,15,20)(H,16,21)(H,18,19). The first-order valence-corrected chi connectivity index (χ1v) is 7.64. The molecule has 7 nitrogen and oxygen atoms in total. The summed E-state index contributed by atoms with van der Waals surface area (Å²) in [7, 11) is 0. The second kappa shape index (κ2) is 8.09. The summed E-state index contributed by atoms with van der Waals surface area (Å²) in [5, 5.41) is 8.88. The molecular weight excluding hydrogens is 330 g/mol. The molecule has 9 heteroatoms. The number of nitrogens with one attached hydrogen (secondary N) is 1. The zero-order valence-corrected chi connectivity index (χ0v) is 13.7. The highest BCUT2D eigenvalue weighted by atomic mass is 35.5. The van der Waals surface area contributed by atoms with Crippen molar-refractivity contribution in [1.82, 2.24) is 9.55 Å². The number of aliphatic carboxylic acids is 1. The van der Waals surface area contributed by atoms with Crippen LogP contribution in [0, 0.1) is 11.6 Å². The number of halogens is 1. The lowest BCUT2D eigenvalue weighted by atomic mass is 9.97. The number of carboxylic acids is 1. The van der Waals surface area contributed by atoms with Crippen LogP contribution < -0.4 is 11.4 Å². The highest BCUT2D eigenvalue weighted by Crippen LogP contribution is 2.20. The van der Waals surface area contributed by atoms with Gasteiger partial charge in [0, 0.05) is 23.7 Å². The SMILES string of the molecule is Cc1c(C(CC(=O)O)C(N)=O)[nH]c(=O)n(CCCCCl)c1=S. The van der Waals surface area contributed by atoms with Crippen molar-refractivity contribution in [3.05, 3.63) is 26.4 Å². The van der Waals surface area contributed by atoms with E-state index < -0.39 is 29.9 Å². The smallest absolute Gasteiger partial charge is 0.326 e. The zero-order chi connectivity index (χ0) is 16.9. The summed E-state index contributed by atoms with van der Waals surface area (Å²) in [6.07, 6.45) is 0.928. The Labute approximate surface area is 137 Å². The fourth-order valence-corrected chi connectivity index (χ4v) is 2.59. The molecule has 22 heavy (non-hydrogen) atoms. The second-order valence-corrected chi connectivity index (χ2v) is 5.64. The molecule has 0 spiro atoms. The van der Waals surface area contributed by atoms with E-state index in [1.54, 1.807) is 6.92 Å². The van der Waals surface area contributed by atoms with E-state index in [0.29, 0.717) is 24.4 Å². The number of rotatable bonds is 8. The van der Waals surface area contributed by atoms with E-state index in [9.17, 15) is 14.4 Å². The van der Waals surface area contributed by atoms with Gasteiger partial charge in [-0.05, 0) is 19.8 Å². The monoisotopic (exact) mass is 347 g/mol. The Hall–Kier alpha value is -1.67. The van der Waals surface area contributed by atoms with Gasteiger partial charge in [0.1, 0.15) is 4.64 Å². The van der Waals surface area contributed by atoms with Gasteiger partial charge in [-0.1, -0.05) is 12.2 Å². The molecule has 0 fully saturated rings. The van der Waals surface area contributed by atoms with Gasteiger partial charge >= 0.3 is 11.7 Å². The van der Waals surface area contributed by atoms with Crippen molar-refractivity contribution in [2.75, 3.05) is 5.88 Å². The number of alkyl halides is 1. The number of hydrogen-bond acceptors (Lipinski definition) is 4. The van der Waals surface area contributed by atoms with E-state index in [1.807, 2.05) is 0 Å². The van der Waals surface area contributed by atoms with Gasteiger partial charge in [0.05, 0.1) is 12.3 Å². The molecule has 0 saturated heterocycles. The normalized spacial score (nSPS) is 12.1. The number of carbonyl (C=O) groups excluding carboxylic acids is 1. The van der Waals surface area contributed by atoms with Crippen molar-refractivity contribution < 1.29 is 14.7 Å². The van der Waals surface area contributed by atoms with Crippen LogP contribution in [0.1, 0.15) is 36.4 Å². The van der Waals surface area contributed by atoms with Crippen molar-refractivity contribution in [3.8, 4) is 0 Å². The molecule has 1 heterocycles. The summed E-state index contributed by atoms with van der Waals surface area (Å²) in [6.45, 7) is 2.03. The molecule has 1 aromatic rings. The number of nitrogens with two attached hydrogens (primary N) is 1. The minimum atomic E-state index is -1.19. The van der Waals surface area contributed by atoms with Crippen molar-refractivity contribution in [1.29, 1.82) is 0 Å². The van der Waals surface area contributed by atoms with Crippen LogP contribution in [0.25, 0.3) is 0 Å². The van der Waals surface area contributed by atoms with Crippen molar-refractivity contribution in [3.63, 3.8) is 0 Å². The predicted molar refractivity (Wildman–Crippen MR) is 84.8 cm³/mol. The van der Waals surface area contributed by atoms with Crippen LogP contribution in [-0.2, 0) is 16.1 Å². The highest BCUT2D eigenvalue weighted by Gasteiger charge is 2.25. The lowest BCUT2D eigenvalue weighted by molar-refractivity contribution is -0.139. The van der Waals surface area contributed by atoms with Crippen molar-refractivity contribution in [2.45, 2.75) is 38.6 Å².